The summed E-state index contributed by atoms with van der Waals surface area (Å²) in [5, 5.41) is 0. The Hall–Kier alpha value is -3.41. The van der Waals surface area contributed by atoms with E-state index in [9.17, 15) is 14.4 Å². The highest BCUT2D eigenvalue weighted by Crippen LogP contribution is 2.67. The topological polar surface area (TPSA) is 78.9 Å². The molecular weight excluding hydrogens is 540 g/mol. The van der Waals surface area contributed by atoms with Crippen molar-refractivity contribution < 1.29 is 28.6 Å². The smallest absolute Gasteiger partial charge is 0.338 e. The van der Waals surface area contributed by atoms with Crippen LogP contribution in [0.25, 0.3) is 0 Å². The molecule has 0 N–H and O–H groups in total. The first-order valence-electron chi connectivity index (χ1n) is 16.0. The summed E-state index contributed by atoms with van der Waals surface area (Å²) >= 11 is 0. The zero-order valence-corrected chi connectivity index (χ0v) is 25.8. The Morgan fingerprint density at radius 1 is 0.837 bits per heavy atom. The zero-order chi connectivity index (χ0) is 30.4. The molecule has 3 fully saturated rings. The molecule has 0 saturated heterocycles. The molecule has 0 radical (unpaired) electrons. The summed E-state index contributed by atoms with van der Waals surface area (Å²) in [7, 11) is 0. The molecule has 6 rings (SSSR count). The number of hydrogen-bond acceptors (Lipinski definition) is 6. The van der Waals surface area contributed by atoms with Crippen LogP contribution in [0.5, 0.6) is 0 Å². The molecule has 0 bridgehead atoms. The Morgan fingerprint density at radius 2 is 1.49 bits per heavy atom. The molecule has 0 aromatic heterocycles. The standard InChI is InChI=1S/C37H44O6/c1-23(41-34(39)25-11-7-5-8-12-25)30-17-18-31-29-16-15-27-21-28(43-35(40)26-13-9-6-10-14-26)19-20-36(27,3)33(29)32(42-24(2)38)22-37(30,31)4/h5-14,23,27-31H,15-22H2,1-4H3/t23?,27?,28-,29?,30?,31?,36?,37?/m1/s1. The molecule has 6 nitrogen and oxygen atoms in total. The fourth-order valence-corrected chi connectivity index (χ4v) is 9.51. The van der Waals surface area contributed by atoms with E-state index in [0.717, 1.165) is 50.7 Å². The number of hydrogen-bond donors (Lipinski definition) is 0. The molecule has 8 atom stereocenters. The Balaban J connectivity index is 1.24. The Bertz CT molecular complexity index is 1400. The maximum atomic E-state index is 13.0. The van der Waals surface area contributed by atoms with Gasteiger partial charge in [-0.25, -0.2) is 9.59 Å². The second-order valence-corrected chi connectivity index (χ2v) is 13.8. The summed E-state index contributed by atoms with van der Waals surface area (Å²) in [6.07, 6.45) is 7.01. The van der Waals surface area contributed by atoms with Crippen molar-refractivity contribution in [2.45, 2.75) is 91.3 Å². The van der Waals surface area contributed by atoms with Gasteiger partial charge in [0, 0.05) is 19.3 Å². The van der Waals surface area contributed by atoms with Gasteiger partial charge in [0.2, 0.25) is 0 Å². The SMILES string of the molecule is CC(=O)OC1=C2C(CCC3C[C@H](OC(=O)c4ccccc4)CCC23C)C2CCC(C(C)OC(=O)c3ccccc3)C2(C)C1. The van der Waals surface area contributed by atoms with Crippen LogP contribution in [0, 0.1) is 34.5 Å². The number of carbonyl (C=O) groups excluding carboxylic acids is 3. The predicted octanol–water partition coefficient (Wildman–Crippen LogP) is 7.93. The van der Waals surface area contributed by atoms with E-state index in [4.69, 9.17) is 14.2 Å². The fraction of sp³-hybridized carbons (Fsp3) is 0.541. The van der Waals surface area contributed by atoms with Crippen LogP contribution >= 0.6 is 0 Å². The lowest BCUT2D eigenvalue weighted by molar-refractivity contribution is -0.139. The minimum Gasteiger partial charge on any atom is -0.459 e. The molecule has 43 heavy (non-hydrogen) atoms. The summed E-state index contributed by atoms with van der Waals surface area (Å²) in [6.45, 7) is 8.21. The van der Waals surface area contributed by atoms with Gasteiger partial charge in [-0.1, -0.05) is 50.2 Å². The molecule has 7 unspecified atom stereocenters. The van der Waals surface area contributed by atoms with E-state index in [1.165, 1.54) is 12.5 Å². The number of carbonyl (C=O) groups is 3. The fourth-order valence-electron chi connectivity index (χ4n) is 9.51. The van der Waals surface area contributed by atoms with Crippen molar-refractivity contribution in [3.63, 3.8) is 0 Å². The lowest BCUT2D eigenvalue weighted by Gasteiger charge is -2.57. The minimum atomic E-state index is -0.287. The lowest BCUT2D eigenvalue weighted by Crippen LogP contribution is -2.51. The van der Waals surface area contributed by atoms with Gasteiger partial charge in [-0.2, -0.15) is 0 Å². The van der Waals surface area contributed by atoms with E-state index in [2.05, 4.69) is 13.8 Å². The molecule has 0 heterocycles. The third kappa shape index (κ3) is 5.42. The Morgan fingerprint density at radius 3 is 2.14 bits per heavy atom. The molecule has 0 aliphatic heterocycles. The summed E-state index contributed by atoms with van der Waals surface area (Å²) in [6, 6.07) is 18.4. The van der Waals surface area contributed by atoms with Crippen LogP contribution in [-0.4, -0.2) is 30.1 Å². The van der Waals surface area contributed by atoms with Crippen molar-refractivity contribution in [2.24, 2.45) is 34.5 Å². The normalized spacial score (nSPS) is 33.8. The van der Waals surface area contributed by atoms with E-state index >= 15 is 0 Å². The maximum Gasteiger partial charge on any atom is 0.338 e. The summed E-state index contributed by atoms with van der Waals surface area (Å²) in [4.78, 5) is 38.3. The number of fused-ring (bicyclic) bond motifs is 5. The van der Waals surface area contributed by atoms with E-state index in [-0.39, 0.29) is 46.9 Å². The van der Waals surface area contributed by atoms with Crippen molar-refractivity contribution >= 4 is 17.9 Å². The van der Waals surface area contributed by atoms with Crippen LogP contribution in [0.2, 0.25) is 0 Å². The summed E-state index contributed by atoms with van der Waals surface area (Å²) in [5.41, 5.74) is 2.25. The third-order valence-electron chi connectivity index (χ3n) is 11.5. The first-order chi connectivity index (χ1) is 20.6. The molecule has 3 saturated carbocycles. The highest BCUT2D eigenvalue weighted by Gasteiger charge is 2.61. The number of esters is 3. The molecule has 4 aliphatic carbocycles. The van der Waals surface area contributed by atoms with Gasteiger partial charge in [0.15, 0.2) is 0 Å². The number of benzene rings is 2. The first-order valence-corrected chi connectivity index (χ1v) is 16.0. The second-order valence-electron chi connectivity index (χ2n) is 13.8. The van der Waals surface area contributed by atoms with Crippen LogP contribution < -0.4 is 0 Å². The highest BCUT2D eigenvalue weighted by molar-refractivity contribution is 5.89. The largest absolute Gasteiger partial charge is 0.459 e. The van der Waals surface area contributed by atoms with Crippen LogP contribution in [0.3, 0.4) is 0 Å². The van der Waals surface area contributed by atoms with Gasteiger partial charge < -0.3 is 14.2 Å². The molecule has 2 aromatic rings. The Kier molecular flexibility index (Phi) is 7.99. The quantitative estimate of drug-likeness (QED) is 0.253. The predicted molar refractivity (Wildman–Crippen MR) is 163 cm³/mol. The van der Waals surface area contributed by atoms with E-state index in [0.29, 0.717) is 35.3 Å². The highest BCUT2D eigenvalue weighted by atomic mass is 16.5. The van der Waals surface area contributed by atoms with Gasteiger partial charge in [0.25, 0.3) is 0 Å². The van der Waals surface area contributed by atoms with Crippen LogP contribution in [0.4, 0.5) is 0 Å². The van der Waals surface area contributed by atoms with Crippen molar-refractivity contribution in [2.75, 3.05) is 0 Å². The molecule has 6 heteroatoms. The Labute approximate surface area is 255 Å². The molecular formula is C37H44O6. The van der Waals surface area contributed by atoms with Gasteiger partial charge in [-0.3, -0.25) is 4.79 Å². The maximum absolute atomic E-state index is 13.0. The van der Waals surface area contributed by atoms with Crippen molar-refractivity contribution in [1.82, 2.24) is 0 Å². The number of allylic oxidation sites excluding steroid dienone is 2. The number of rotatable bonds is 6. The van der Waals surface area contributed by atoms with Gasteiger partial charge in [0.1, 0.15) is 18.0 Å². The molecule has 2 aromatic carbocycles. The minimum absolute atomic E-state index is 0.103. The lowest BCUT2D eigenvalue weighted by atomic mass is 9.48. The van der Waals surface area contributed by atoms with E-state index in [1.54, 1.807) is 24.3 Å². The molecule has 0 amide bonds. The average molecular weight is 585 g/mol. The van der Waals surface area contributed by atoms with Crippen molar-refractivity contribution in [1.29, 1.82) is 0 Å². The number of ether oxygens (including phenoxy) is 3. The van der Waals surface area contributed by atoms with Crippen molar-refractivity contribution in [3.8, 4) is 0 Å². The molecule has 0 spiro atoms. The summed E-state index contributed by atoms with van der Waals surface area (Å²) in [5.74, 6) is 1.33. The van der Waals surface area contributed by atoms with Gasteiger partial charge in [-0.15, -0.1) is 0 Å². The van der Waals surface area contributed by atoms with Crippen molar-refractivity contribution in [3.05, 3.63) is 83.1 Å². The van der Waals surface area contributed by atoms with E-state index in [1.807, 2.05) is 43.3 Å². The zero-order valence-electron chi connectivity index (χ0n) is 25.8. The molecule has 4 aliphatic rings. The molecule has 228 valence electrons. The van der Waals surface area contributed by atoms with Crippen LogP contribution in [0.15, 0.2) is 72.0 Å². The van der Waals surface area contributed by atoms with Crippen LogP contribution in [0.1, 0.15) is 99.8 Å². The summed E-state index contributed by atoms with van der Waals surface area (Å²) < 4.78 is 18.2. The van der Waals surface area contributed by atoms with Gasteiger partial charge in [-0.05, 0) is 110 Å². The van der Waals surface area contributed by atoms with E-state index < -0.39 is 0 Å². The first kappa shape index (κ1) is 29.7. The average Bonchev–Trinajstić information content (AvgIpc) is 3.34. The van der Waals surface area contributed by atoms with Crippen LogP contribution in [-0.2, 0) is 19.0 Å². The van der Waals surface area contributed by atoms with Gasteiger partial charge in [0.05, 0.1) is 11.1 Å². The third-order valence-corrected chi connectivity index (χ3v) is 11.5. The van der Waals surface area contributed by atoms with Gasteiger partial charge >= 0.3 is 17.9 Å². The monoisotopic (exact) mass is 584 g/mol. The second kappa shape index (κ2) is 11.6.